The first-order valence-electron chi connectivity index (χ1n) is 7.17. The molecule has 0 radical (unpaired) electrons. The van der Waals surface area contributed by atoms with Gasteiger partial charge in [0, 0.05) is 22.5 Å². The van der Waals surface area contributed by atoms with Crippen molar-refractivity contribution < 1.29 is 9.18 Å². The molecule has 1 heterocycles. The summed E-state index contributed by atoms with van der Waals surface area (Å²) >= 11 is 0. The fourth-order valence-corrected chi connectivity index (χ4v) is 2.49. The summed E-state index contributed by atoms with van der Waals surface area (Å²) in [6, 6.07) is 13.1. The van der Waals surface area contributed by atoms with E-state index in [2.05, 4.69) is 10.3 Å². The van der Waals surface area contributed by atoms with Gasteiger partial charge < -0.3 is 10.3 Å². The molecular weight excluding hydrogens is 309 g/mol. The van der Waals surface area contributed by atoms with E-state index < -0.39 is 17.8 Å². The molecule has 0 saturated heterocycles. The lowest BCUT2D eigenvalue weighted by Crippen LogP contribution is -2.29. The van der Waals surface area contributed by atoms with Gasteiger partial charge in [0.05, 0.1) is 11.6 Å². The lowest BCUT2D eigenvalue weighted by atomic mass is 10.0. The van der Waals surface area contributed by atoms with Crippen LogP contribution in [0.25, 0.3) is 10.8 Å². The van der Waals surface area contributed by atoms with Gasteiger partial charge >= 0.3 is 0 Å². The molecule has 0 aliphatic heterocycles. The average Bonchev–Trinajstić information content (AvgIpc) is 2.61. The molecule has 0 fully saturated rings. The molecule has 118 valence electrons. The lowest BCUT2D eigenvalue weighted by Gasteiger charge is -2.13. The SMILES string of the molecule is N#CC(NC(=O)c1c[nH]c(=O)c2ccccc12)c1ccccc1F. The number of H-pyrrole nitrogens is 1. The highest BCUT2D eigenvalue weighted by Crippen LogP contribution is 2.19. The fraction of sp³-hybridized carbons (Fsp3) is 0.0556. The summed E-state index contributed by atoms with van der Waals surface area (Å²) in [5.41, 5.74) is -0.0167. The van der Waals surface area contributed by atoms with Crippen LogP contribution in [0.3, 0.4) is 0 Å². The first-order chi connectivity index (χ1) is 11.6. The number of nitrogens with zero attached hydrogens (tertiary/aromatic N) is 1. The van der Waals surface area contributed by atoms with Gasteiger partial charge in [-0.15, -0.1) is 0 Å². The number of nitrogens with one attached hydrogen (secondary N) is 2. The van der Waals surface area contributed by atoms with Gasteiger partial charge in [-0.05, 0) is 12.1 Å². The minimum absolute atomic E-state index is 0.0853. The van der Waals surface area contributed by atoms with Crippen LogP contribution in [0, 0.1) is 17.1 Å². The molecular formula is C18H12FN3O2. The highest BCUT2D eigenvalue weighted by molar-refractivity contribution is 6.06. The maximum absolute atomic E-state index is 13.8. The summed E-state index contributed by atoms with van der Waals surface area (Å²) in [6.07, 6.45) is 1.29. The zero-order chi connectivity index (χ0) is 17.1. The van der Waals surface area contributed by atoms with E-state index in [0.29, 0.717) is 10.8 Å². The fourth-order valence-electron chi connectivity index (χ4n) is 2.49. The van der Waals surface area contributed by atoms with Crippen LogP contribution in [0.2, 0.25) is 0 Å². The number of hydrogen-bond acceptors (Lipinski definition) is 3. The van der Waals surface area contributed by atoms with E-state index in [0.717, 1.165) is 0 Å². The normalized spacial score (nSPS) is 11.7. The van der Waals surface area contributed by atoms with E-state index in [-0.39, 0.29) is 16.7 Å². The van der Waals surface area contributed by atoms with Gasteiger partial charge in [0.25, 0.3) is 11.5 Å². The Kier molecular flexibility index (Phi) is 4.08. The highest BCUT2D eigenvalue weighted by atomic mass is 19.1. The van der Waals surface area contributed by atoms with E-state index >= 15 is 0 Å². The van der Waals surface area contributed by atoms with Gasteiger partial charge in [0.2, 0.25) is 0 Å². The number of hydrogen-bond donors (Lipinski definition) is 2. The van der Waals surface area contributed by atoms with E-state index in [1.54, 1.807) is 30.3 Å². The summed E-state index contributed by atoms with van der Waals surface area (Å²) in [6.45, 7) is 0. The number of carbonyl (C=O) groups is 1. The zero-order valence-electron chi connectivity index (χ0n) is 12.4. The third kappa shape index (κ3) is 2.75. The first-order valence-corrected chi connectivity index (χ1v) is 7.17. The van der Waals surface area contributed by atoms with Crippen LogP contribution in [-0.2, 0) is 0 Å². The summed E-state index contributed by atoms with van der Waals surface area (Å²) in [5, 5.41) is 12.6. The van der Waals surface area contributed by atoms with Crippen molar-refractivity contribution in [3.05, 3.63) is 82.0 Å². The third-order valence-electron chi connectivity index (χ3n) is 3.67. The largest absolute Gasteiger partial charge is 0.332 e. The molecule has 1 atom stereocenters. The second-order valence-corrected chi connectivity index (χ2v) is 5.13. The molecule has 3 rings (SSSR count). The van der Waals surface area contributed by atoms with E-state index in [1.165, 1.54) is 24.4 Å². The van der Waals surface area contributed by atoms with Gasteiger partial charge in [0.15, 0.2) is 0 Å². The number of aromatic amines is 1. The molecule has 3 aromatic rings. The van der Waals surface area contributed by atoms with Gasteiger partial charge in [-0.1, -0.05) is 36.4 Å². The summed E-state index contributed by atoms with van der Waals surface area (Å²) in [7, 11) is 0. The molecule has 1 unspecified atom stereocenters. The number of amides is 1. The quantitative estimate of drug-likeness (QED) is 0.777. The van der Waals surface area contributed by atoms with E-state index in [1.807, 2.05) is 6.07 Å². The predicted octanol–water partition coefficient (Wildman–Crippen LogP) is 2.66. The molecule has 2 N–H and O–H groups in total. The number of aromatic nitrogens is 1. The Morgan fingerprint density at radius 1 is 1.12 bits per heavy atom. The predicted molar refractivity (Wildman–Crippen MR) is 86.8 cm³/mol. The Labute approximate surface area is 136 Å². The topological polar surface area (TPSA) is 85.8 Å². The summed E-state index contributed by atoms with van der Waals surface area (Å²) in [4.78, 5) is 26.8. The highest BCUT2D eigenvalue weighted by Gasteiger charge is 2.20. The molecule has 0 aliphatic carbocycles. The monoisotopic (exact) mass is 321 g/mol. The summed E-state index contributed by atoms with van der Waals surface area (Å²) < 4.78 is 13.8. The molecule has 0 aliphatic rings. The molecule has 1 aromatic heterocycles. The van der Waals surface area contributed by atoms with Crippen molar-refractivity contribution in [2.24, 2.45) is 0 Å². The molecule has 6 heteroatoms. The first kappa shape index (κ1) is 15.4. The molecule has 2 aromatic carbocycles. The minimum Gasteiger partial charge on any atom is -0.332 e. The molecule has 1 amide bonds. The number of pyridine rings is 1. The van der Waals surface area contributed by atoms with Gasteiger partial charge in [-0.2, -0.15) is 5.26 Å². The van der Waals surface area contributed by atoms with Crippen LogP contribution in [0.5, 0.6) is 0 Å². The maximum Gasteiger partial charge on any atom is 0.255 e. The van der Waals surface area contributed by atoms with Gasteiger partial charge in [0.1, 0.15) is 11.9 Å². The standard InChI is InChI=1S/C18H12FN3O2/c19-15-8-4-3-7-13(15)16(9-20)22-18(24)14-10-21-17(23)12-6-2-1-5-11(12)14/h1-8,10,16H,(H,21,23)(H,22,24). The van der Waals surface area contributed by atoms with Crippen molar-refractivity contribution >= 4 is 16.7 Å². The third-order valence-corrected chi connectivity index (χ3v) is 3.67. The Morgan fingerprint density at radius 3 is 2.50 bits per heavy atom. The Hall–Kier alpha value is -3.46. The van der Waals surface area contributed by atoms with Crippen LogP contribution in [0.4, 0.5) is 4.39 Å². The van der Waals surface area contributed by atoms with Crippen molar-refractivity contribution in [3.63, 3.8) is 0 Å². The maximum atomic E-state index is 13.8. The van der Waals surface area contributed by atoms with Crippen molar-refractivity contribution in [1.82, 2.24) is 10.3 Å². The second-order valence-electron chi connectivity index (χ2n) is 5.13. The smallest absolute Gasteiger partial charge is 0.255 e. The molecule has 0 spiro atoms. The van der Waals surface area contributed by atoms with Crippen LogP contribution in [0.15, 0.2) is 59.5 Å². The Bertz CT molecular complexity index is 1020. The molecule has 24 heavy (non-hydrogen) atoms. The number of rotatable bonds is 3. The molecule has 5 nitrogen and oxygen atoms in total. The average molecular weight is 321 g/mol. The Balaban J connectivity index is 1.99. The van der Waals surface area contributed by atoms with Crippen molar-refractivity contribution in [2.45, 2.75) is 6.04 Å². The van der Waals surface area contributed by atoms with Crippen LogP contribution >= 0.6 is 0 Å². The molecule has 0 saturated carbocycles. The number of nitriles is 1. The van der Waals surface area contributed by atoms with Crippen molar-refractivity contribution in [3.8, 4) is 6.07 Å². The van der Waals surface area contributed by atoms with E-state index in [4.69, 9.17) is 0 Å². The van der Waals surface area contributed by atoms with E-state index in [9.17, 15) is 19.2 Å². The van der Waals surface area contributed by atoms with Crippen LogP contribution < -0.4 is 10.9 Å². The zero-order valence-corrected chi connectivity index (χ0v) is 12.4. The Morgan fingerprint density at radius 2 is 1.79 bits per heavy atom. The molecule has 0 bridgehead atoms. The number of benzene rings is 2. The minimum atomic E-state index is -1.13. The lowest BCUT2D eigenvalue weighted by molar-refractivity contribution is 0.0946. The van der Waals surface area contributed by atoms with Crippen molar-refractivity contribution in [2.75, 3.05) is 0 Å². The van der Waals surface area contributed by atoms with Crippen LogP contribution in [0.1, 0.15) is 22.0 Å². The number of carbonyl (C=O) groups excluding carboxylic acids is 1. The van der Waals surface area contributed by atoms with Gasteiger partial charge in [-0.25, -0.2) is 4.39 Å². The number of fused-ring (bicyclic) bond motifs is 1. The van der Waals surface area contributed by atoms with Crippen molar-refractivity contribution in [1.29, 1.82) is 5.26 Å². The number of halogens is 1. The van der Waals surface area contributed by atoms with Crippen LogP contribution in [-0.4, -0.2) is 10.9 Å². The van der Waals surface area contributed by atoms with Gasteiger partial charge in [-0.3, -0.25) is 9.59 Å². The second kappa shape index (κ2) is 6.34. The summed E-state index contributed by atoms with van der Waals surface area (Å²) in [5.74, 6) is -1.15.